The van der Waals surface area contributed by atoms with Crippen molar-refractivity contribution < 1.29 is 19.0 Å². The summed E-state index contributed by atoms with van der Waals surface area (Å²) in [5, 5.41) is 3.11. The SMILES string of the molecule is CCOCCCNCC(=O)c1cc(OC)ccc1OC. The van der Waals surface area contributed by atoms with Crippen LogP contribution >= 0.6 is 0 Å². The van der Waals surface area contributed by atoms with Gasteiger partial charge in [0, 0.05) is 13.2 Å². The van der Waals surface area contributed by atoms with Crippen LogP contribution in [0.15, 0.2) is 18.2 Å². The zero-order valence-electron chi connectivity index (χ0n) is 12.4. The van der Waals surface area contributed by atoms with Crippen molar-refractivity contribution in [3.8, 4) is 11.5 Å². The largest absolute Gasteiger partial charge is 0.497 e. The molecule has 0 bridgehead atoms. The molecule has 0 aliphatic carbocycles. The monoisotopic (exact) mass is 281 g/mol. The summed E-state index contributed by atoms with van der Waals surface area (Å²) in [5.41, 5.74) is 0.532. The highest BCUT2D eigenvalue weighted by molar-refractivity contribution is 6.00. The van der Waals surface area contributed by atoms with Crippen molar-refractivity contribution in [3.63, 3.8) is 0 Å². The second-order valence-electron chi connectivity index (χ2n) is 4.22. The molecule has 0 spiro atoms. The van der Waals surface area contributed by atoms with E-state index in [2.05, 4.69) is 5.32 Å². The molecule has 0 aliphatic rings. The number of hydrogen-bond acceptors (Lipinski definition) is 5. The third kappa shape index (κ3) is 5.19. The predicted molar refractivity (Wildman–Crippen MR) is 77.9 cm³/mol. The van der Waals surface area contributed by atoms with Gasteiger partial charge in [0.2, 0.25) is 0 Å². The average Bonchev–Trinajstić information content (AvgIpc) is 2.49. The number of rotatable bonds is 10. The number of ketones is 1. The summed E-state index contributed by atoms with van der Waals surface area (Å²) in [6.07, 6.45) is 0.885. The smallest absolute Gasteiger partial charge is 0.180 e. The van der Waals surface area contributed by atoms with E-state index in [1.807, 2.05) is 6.92 Å². The highest BCUT2D eigenvalue weighted by atomic mass is 16.5. The van der Waals surface area contributed by atoms with E-state index >= 15 is 0 Å². The molecule has 0 amide bonds. The summed E-state index contributed by atoms with van der Waals surface area (Å²) in [4.78, 5) is 12.2. The molecule has 0 saturated carbocycles. The molecule has 1 aromatic carbocycles. The lowest BCUT2D eigenvalue weighted by molar-refractivity contribution is 0.0985. The van der Waals surface area contributed by atoms with Crippen molar-refractivity contribution in [3.05, 3.63) is 23.8 Å². The second kappa shape index (κ2) is 9.34. The molecular formula is C15H23NO4. The first-order valence-electron chi connectivity index (χ1n) is 6.76. The molecule has 0 aliphatic heterocycles. The van der Waals surface area contributed by atoms with Crippen molar-refractivity contribution in [1.29, 1.82) is 0 Å². The number of Topliss-reactive ketones (excluding diaryl/α,β-unsaturated/α-hetero) is 1. The van der Waals surface area contributed by atoms with E-state index < -0.39 is 0 Å². The summed E-state index contributed by atoms with van der Waals surface area (Å²) < 4.78 is 15.6. The normalized spacial score (nSPS) is 10.3. The Bertz CT molecular complexity index is 420. The summed E-state index contributed by atoms with van der Waals surface area (Å²) in [5.74, 6) is 1.19. The van der Waals surface area contributed by atoms with Crippen LogP contribution in [0.3, 0.4) is 0 Å². The van der Waals surface area contributed by atoms with E-state index in [4.69, 9.17) is 14.2 Å². The topological polar surface area (TPSA) is 56.8 Å². The minimum absolute atomic E-state index is 0.0165. The fraction of sp³-hybridized carbons (Fsp3) is 0.533. The van der Waals surface area contributed by atoms with Crippen molar-refractivity contribution in [2.24, 2.45) is 0 Å². The Balaban J connectivity index is 2.49. The summed E-state index contributed by atoms with van der Waals surface area (Å²) in [7, 11) is 3.12. The van der Waals surface area contributed by atoms with Gasteiger partial charge in [0.05, 0.1) is 26.3 Å². The molecule has 0 saturated heterocycles. The number of carbonyl (C=O) groups is 1. The molecule has 1 N–H and O–H groups in total. The third-order valence-corrected chi connectivity index (χ3v) is 2.84. The van der Waals surface area contributed by atoms with Crippen LogP contribution in [0.1, 0.15) is 23.7 Å². The predicted octanol–water partition coefficient (Wildman–Crippen LogP) is 1.90. The standard InChI is InChI=1S/C15H23NO4/c1-4-20-9-5-8-16-11-14(17)13-10-12(18-2)6-7-15(13)19-3/h6-7,10,16H,4-5,8-9,11H2,1-3H3. The zero-order chi connectivity index (χ0) is 14.8. The molecule has 5 heteroatoms. The number of methoxy groups -OCH3 is 2. The van der Waals surface area contributed by atoms with E-state index in [9.17, 15) is 4.79 Å². The molecule has 0 atom stereocenters. The third-order valence-electron chi connectivity index (χ3n) is 2.84. The fourth-order valence-electron chi connectivity index (χ4n) is 1.77. The van der Waals surface area contributed by atoms with Gasteiger partial charge in [0.15, 0.2) is 5.78 Å². The molecule has 5 nitrogen and oxygen atoms in total. The molecule has 0 fully saturated rings. The van der Waals surface area contributed by atoms with E-state index in [0.717, 1.165) is 19.6 Å². The Hall–Kier alpha value is -1.59. The second-order valence-corrected chi connectivity index (χ2v) is 4.22. The molecule has 0 aromatic heterocycles. The molecule has 0 radical (unpaired) electrons. The highest BCUT2D eigenvalue weighted by Gasteiger charge is 2.13. The molecule has 1 aromatic rings. The van der Waals surface area contributed by atoms with E-state index in [-0.39, 0.29) is 12.3 Å². The number of carbonyl (C=O) groups excluding carboxylic acids is 1. The lowest BCUT2D eigenvalue weighted by atomic mass is 10.1. The Labute approximate surface area is 120 Å². The van der Waals surface area contributed by atoms with Gasteiger partial charge < -0.3 is 19.5 Å². The van der Waals surface area contributed by atoms with Crippen LogP contribution < -0.4 is 14.8 Å². The molecule has 1 rings (SSSR count). The Morgan fingerprint density at radius 1 is 1.25 bits per heavy atom. The van der Waals surface area contributed by atoms with Gasteiger partial charge in [-0.1, -0.05) is 0 Å². The molecule has 20 heavy (non-hydrogen) atoms. The number of benzene rings is 1. The van der Waals surface area contributed by atoms with Gasteiger partial charge in [-0.05, 0) is 38.1 Å². The van der Waals surface area contributed by atoms with Gasteiger partial charge in [-0.2, -0.15) is 0 Å². The van der Waals surface area contributed by atoms with E-state index in [1.54, 1.807) is 32.4 Å². The van der Waals surface area contributed by atoms with Crippen molar-refractivity contribution >= 4 is 5.78 Å². The van der Waals surface area contributed by atoms with Gasteiger partial charge in [-0.3, -0.25) is 4.79 Å². The van der Waals surface area contributed by atoms with Crippen LogP contribution in [-0.4, -0.2) is 46.3 Å². The maximum absolute atomic E-state index is 12.2. The molecule has 0 unspecified atom stereocenters. The van der Waals surface area contributed by atoms with Crippen molar-refractivity contribution in [2.75, 3.05) is 40.5 Å². The Morgan fingerprint density at radius 3 is 2.70 bits per heavy atom. The maximum Gasteiger partial charge on any atom is 0.180 e. The summed E-state index contributed by atoms with van der Waals surface area (Å²) in [6, 6.07) is 5.20. The lowest BCUT2D eigenvalue weighted by Gasteiger charge is -2.10. The van der Waals surface area contributed by atoms with E-state index in [1.165, 1.54) is 0 Å². The average molecular weight is 281 g/mol. The van der Waals surface area contributed by atoms with Gasteiger partial charge in [0.1, 0.15) is 11.5 Å². The van der Waals surface area contributed by atoms with E-state index in [0.29, 0.717) is 23.7 Å². The minimum Gasteiger partial charge on any atom is -0.497 e. The Morgan fingerprint density at radius 2 is 2.05 bits per heavy atom. The van der Waals surface area contributed by atoms with Crippen molar-refractivity contribution in [2.45, 2.75) is 13.3 Å². The van der Waals surface area contributed by atoms with Gasteiger partial charge >= 0.3 is 0 Å². The maximum atomic E-state index is 12.2. The van der Waals surface area contributed by atoms with Gasteiger partial charge in [-0.25, -0.2) is 0 Å². The van der Waals surface area contributed by atoms with Crippen molar-refractivity contribution in [1.82, 2.24) is 5.32 Å². The fourth-order valence-corrected chi connectivity index (χ4v) is 1.77. The van der Waals surface area contributed by atoms with Crippen LogP contribution in [0.4, 0.5) is 0 Å². The van der Waals surface area contributed by atoms with Crippen LogP contribution in [0.5, 0.6) is 11.5 Å². The van der Waals surface area contributed by atoms with Gasteiger partial charge in [-0.15, -0.1) is 0 Å². The zero-order valence-corrected chi connectivity index (χ0v) is 12.4. The molecule has 112 valence electrons. The van der Waals surface area contributed by atoms with Crippen LogP contribution in [0.25, 0.3) is 0 Å². The number of ether oxygens (including phenoxy) is 3. The van der Waals surface area contributed by atoms with Crippen LogP contribution in [0, 0.1) is 0 Å². The quantitative estimate of drug-likeness (QED) is 0.524. The highest BCUT2D eigenvalue weighted by Crippen LogP contribution is 2.24. The summed E-state index contributed by atoms with van der Waals surface area (Å²) in [6.45, 7) is 4.42. The first-order chi connectivity index (χ1) is 9.72. The number of hydrogen-bond donors (Lipinski definition) is 1. The minimum atomic E-state index is -0.0165. The number of nitrogens with one attached hydrogen (secondary N) is 1. The van der Waals surface area contributed by atoms with Crippen LogP contribution in [-0.2, 0) is 4.74 Å². The first-order valence-corrected chi connectivity index (χ1v) is 6.76. The summed E-state index contributed by atoms with van der Waals surface area (Å²) >= 11 is 0. The van der Waals surface area contributed by atoms with Gasteiger partial charge in [0.25, 0.3) is 0 Å². The lowest BCUT2D eigenvalue weighted by Crippen LogP contribution is -2.25. The first kappa shape index (κ1) is 16.5. The Kier molecular flexibility index (Phi) is 7.69. The molecule has 0 heterocycles. The molecular weight excluding hydrogens is 258 g/mol. The van der Waals surface area contributed by atoms with Crippen LogP contribution in [0.2, 0.25) is 0 Å².